The number of hydrogen-bond donors (Lipinski definition) is 3. The van der Waals surface area contributed by atoms with E-state index in [1.807, 2.05) is 12.2 Å². The predicted octanol–water partition coefficient (Wildman–Crippen LogP) is 0.0986. The Bertz CT molecular complexity index is 430. The molecule has 0 unspecified atom stereocenters. The van der Waals surface area contributed by atoms with Gasteiger partial charge in [0.25, 0.3) is 0 Å². The number of carboxylic acid groups (broad SMARTS) is 2. The van der Waals surface area contributed by atoms with Gasteiger partial charge in [-0.3, -0.25) is 14.4 Å². The smallest absolute Gasteiger partial charge is 0.325 e. The Morgan fingerprint density at radius 3 is 2.22 bits per heavy atom. The van der Waals surface area contributed by atoms with Crippen LogP contribution in [0.5, 0.6) is 0 Å². The quantitative estimate of drug-likeness (QED) is 0.616. The van der Waals surface area contributed by atoms with E-state index in [1.54, 1.807) is 0 Å². The highest BCUT2D eigenvalue weighted by molar-refractivity contribution is 5.89. The number of aliphatic carboxylic acids is 2. The van der Waals surface area contributed by atoms with Crippen LogP contribution >= 0.6 is 0 Å². The molecular weight excluding hydrogens is 238 g/mol. The third kappa shape index (κ3) is 1.98. The van der Waals surface area contributed by atoms with E-state index in [-0.39, 0.29) is 11.8 Å². The van der Waals surface area contributed by atoms with Crippen molar-refractivity contribution in [2.75, 3.05) is 0 Å². The number of carboxylic acids is 2. The molecule has 18 heavy (non-hydrogen) atoms. The van der Waals surface area contributed by atoms with Gasteiger partial charge in [0.05, 0.1) is 11.8 Å². The van der Waals surface area contributed by atoms with Crippen LogP contribution in [0.2, 0.25) is 0 Å². The van der Waals surface area contributed by atoms with E-state index in [0.29, 0.717) is 6.42 Å². The maximum absolute atomic E-state index is 12.0. The molecule has 0 radical (unpaired) electrons. The lowest BCUT2D eigenvalue weighted by molar-refractivity contribution is -0.148. The molecule has 1 amide bonds. The van der Waals surface area contributed by atoms with Crippen molar-refractivity contribution in [2.24, 2.45) is 23.7 Å². The Balaban J connectivity index is 2.12. The first kappa shape index (κ1) is 12.6. The predicted molar refractivity (Wildman–Crippen MR) is 60.6 cm³/mol. The highest BCUT2D eigenvalue weighted by Gasteiger charge is 2.51. The summed E-state index contributed by atoms with van der Waals surface area (Å²) in [6.45, 7) is 1.36. The van der Waals surface area contributed by atoms with Gasteiger partial charge >= 0.3 is 11.9 Å². The fourth-order valence-electron chi connectivity index (χ4n) is 2.89. The molecule has 5 atom stereocenters. The number of carbonyl (C=O) groups is 3. The molecule has 0 spiro atoms. The van der Waals surface area contributed by atoms with Crippen molar-refractivity contribution in [1.82, 2.24) is 5.32 Å². The average Bonchev–Trinajstić information content (AvgIpc) is 2.87. The lowest BCUT2D eigenvalue weighted by Crippen LogP contribution is -2.46. The average molecular weight is 253 g/mol. The minimum absolute atomic E-state index is 0.0860. The summed E-state index contributed by atoms with van der Waals surface area (Å²) >= 11 is 0. The van der Waals surface area contributed by atoms with Gasteiger partial charge in [-0.05, 0) is 25.2 Å². The zero-order valence-electron chi connectivity index (χ0n) is 9.87. The first-order valence-electron chi connectivity index (χ1n) is 5.86. The van der Waals surface area contributed by atoms with Gasteiger partial charge in [0.15, 0.2) is 0 Å². The summed E-state index contributed by atoms with van der Waals surface area (Å²) < 4.78 is 0. The van der Waals surface area contributed by atoms with Crippen LogP contribution in [0.25, 0.3) is 0 Å². The van der Waals surface area contributed by atoms with Gasteiger partial charge < -0.3 is 15.5 Å². The van der Waals surface area contributed by atoms with Crippen molar-refractivity contribution in [2.45, 2.75) is 19.4 Å². The first-order chi connectivity index (χ1) is 8.41. The second-order valence-corrected chi connectivity index (χ2v) is 4.91. The Hall–Kier alpha value is -1.85. The van der Waals surface area contributed by atoms with Gasteiger partial charge in [0.1, 0.15) is 6.04 Å². The van der Waals surface area contributed by atoms with Crippen molar-refractivity contribution in [1.29, 1.82) is 0 Å². The molecule has 98 valence electrons. The van der Waals surface area contributed by atoms with Crippen LogP contribution in [0.15, 0.2) is 12.2 Å². The molecule has 3 N–H and O–H groups in total. The summed E-state index contributed by atoms with van der Waals surface area (Å²) in [6.07, 6.45) is 4.37. The molecule has 0 aromatic carbocycles. The molecule has 6 heteroatoms. The number of carbonyl (C=O) groups excluding carboxylic acids is 1. The Kier molecular flexibility index (Phi) is 3.11. The third-order valence-electron chi connectivity index (χ3n) is 3.78. The molecular formula is C12H15NO5. The summed E-state index contributed by atoms with van der Waals surface area (Å²) in [7, 11) is 0. The first-order valence-corrected chi connectivity index (χ1v) is 5.86. The van der Waals surface area contributed by atoms with Gasteiger partial charge in [-0.2, -0.15) is 0 Å². The van der Waals surface area contributed by atoms with Gasteiger partial charge in [0.2, 0.25) is 5.91 Å². The number of rotatable bonds is 4. The lowest BCUT2D eigenvalue weighted by atomic mass is 9.82. The Morgan fingerprint density at radius 2 is 1.72 bits per heavy atom. The van der Waals surface area contributed by atoms with Crippen LogP contribution in [0.1, 0.15) is 13.3 Å². The van der Waals surface area contributed by atoms with E-state index >= 15 is 0 Å². The molecule has 0 heterocycles. The standard InChI is InChI=1S/C12H15NO5/c1-5(11(15)16)13-10(14)8-6-2-3-7(4-6)9(8)12(17)18/h2-3,5-9H,4H2,1H3,(H,13,14)(H,15,16)(H,17,18)/t5-,6-,7-,8+,9+/m0/s1. The Morgan fingerprint density at radius 1 is 1.17 bits per heavy atom. The molecule has 2 aliphatic rings. The largest absolute Gasteiger partial charge is 0.481 e. The molecule has 0 aliphatic heterocycles. The fourth-order valence-corrected chi connectivity index (χ4v) is 2.89. The molecule has 1 fully saturated rings. The van der Waals surface area contributed by atoms with Gasteiger partial charge in [-0.1, -0.05) is 12.2 Å². The minimum Gasteiger partial charge on any atom is -0.481 e. The van der Waals surface area contributed by atoms with Gasteiger partial charge in [-0.15, -0.1) is 0 Å². The number of hydrogen-bond acceptors (Lipinski definition) is 3. The Labute approximate surface area is 104 Å². The van der Waals surface area contributed by atoms with Crippen molar-refractivity contribution in [3.8, 4) is 0 Å². The summed E-state index contributed by atoms with van der Waals surface area (Å²) in [5.41, 5.74) is 0. The number of nitrogens with one attached hydrogen (secondary N) is 1. The van der Waals surface area contributed by atoms with Crippen molar-refractivity contribution < 1.29 is 24.6 Å². The van der Waals surface area contributed by atoms with E-state index in [4.69, 9.17) is 10.2 Å². The highest BCUT2D eigenvalue weighted by atomic mass is 16.4. The maximum Gasteiger partial charge on any atom is 0.325 e. The van der Waals surface area contributed by atoms with E-state index in [1.165, 1.54) is 6.92 Å². The molecule has 2 bridgehead atoms. The minimum atomic E-state index is -1.13. The van der Waals surface area contributed by atoms with Crippen LogP contribution in [0.4, 0.5) is 0 Å². The molecule has 2 aliphatic carbocycles. The molecule has 0 saturated heterocycles. The summed E-state index contributed by atoms with van der Waals surface area (Å²) in [6, 6.07) is -1.00. The summed E-state index contributed by atoms with van der Waals surface area (Å²) in [5, 5.41) is 20.3. The molecule has 6 nitrogen and oxygen atoms in total. The van der Waals surface area contributed by atoms with Crippen LogP contribution in [-0.2, 0) is 14.4 Å². The summed E-state index contributed by atoms with van der Waals surface area (Å²) in [4.78, 5) is 33.9. The number of amides is 1. The van der Waals surface area contributed by atoms with Crippen molar-refractivity contribution >= 4 is 17.8 Å². The van der Waals surface area contributed by atoms with Crippen LogP contribution in [-0.4, -0.2) is 34.1 Å². The summed E-state index contributed by atoms with van der Waals surface area (Å²) in [5.74, 6) is -4.18. The zero-order chi connectivity index (χ0) is 13.4. The topological polar surface area (TPSA) is 104 Å². The number of fused-ring (bicyclic) bond motifs is 2. The van der Waals surface area contributed by atoms with Crippen LogP contribution < -0.4 is 5.32 Å². The molecule has 1 saturated carbocycles. The van der Waals surface area contributed by atoms with E-state index in [2.05, 4.69) is 5.32 Å². The lowest BCUT2D eigenvalue weighted by Gasteiger charge is -2.24. The molecule has 0 aromatic heterocycles. The SMILES string of the molecule is C[C@H](NC(=O)[C@H]1[C@H](C(=O)O)[C@H]2C=C[C@H]1C2)C(=O)O. The molecule has 0 aromatic rings. The molecule has 2 rings (SSSR count). The normalized spacial score (nSPS) is 34.3. The van der Waals surface area contributed by atoms with Crippen molar-refractivity contribution in [3.05, 3.63) is 12.2 Å². The van der Waals surface area contributed by atoms with E-state index < -0.39 is 35.7 Å². The van der Waals surface area contributed by atoms with Crippen molar-refractivity contribution in [3.63, 3.8) is 0 Å². The second-order valence-electron chi connectivity index (χ2n) is 4.91. The highest BCUT2D eigenvalue weighted by Crippen LogP contribution is 2.48. The van der Waals surface area contributed by atoms with E-state index in [9.17, 15) is 14.4 Å². The van der Waals surface area contributed by atoms with Crippen LogP contribution in [0.3, 0.4) is 0 Å². The van der Waals surface area contributed by atoms with E-state index in [0.717, 1.165) is 0 Å². The van der Waals surface area contributed by atoms with Crippen LogP contribution in [0, 0.1) is 23.7 Å². The number of allylic oxidation sites excluding steroid dienone is 2. The van der Waals surface area contributed by atoms with Gasteiger partial charge in [0, 0.05) is 0 Å². The monoisotopic (exact) mass is 253 g/mol. The maximum atomic E-state index is 12.0. The fraction of sp³-hybridized carbons (Fsp3) is 0.583. The third-order valence-corrected chi connectivity index (χ3v) is 3.78. The zero-order valence-corrected chi connectivity index (χ0v) is 9.87. The second kappa shape index (κ2) is 4.44. The van der Waals surface area contributed by atoms with Gasteiger partial charge in [-0.25, -0.2) is 0 Å².